The van der Waals surface area contributed by atoms with Gasteiger partial charge in [0, 0.05) is 6.07 Å². The molecule has 1 rings (SSSR count). The Morgan fingerprint density at radius 2 is 2.60 bits per heavy atom. The lowest BCUT2D eigenvalue weighted by Gasteiger charge is -1.90. The summed E-state index contributed by atoms with van der Waals surface area (Å²) in [5.74, 6) is 0.160. The number of rotatable bonds is 1. The van der Waals surface area contributed by atoms with Crippen molar-refractivity contribution in [2.45, 2.75) is 6.04 Å². The van der Waals surface area contributed by atoms with Gasteiger partial charge in [0.05, 0.1) is 6.07 Å². The molecule has 0 aromatic carbocycles. The van der Waals surface area contributed by atoms with Gasteiger partial charge in [-0.3, -0.25) is 4.79 Å². The number of aromatic amines is 1. The van der Waals surface area contributed by atoms with E-state index in [0.29, 0.717) is 0 Å². The summed E-state index contributed by atoms with van der Waals surface area (Å²) in [7, 11) is 0. The molecule has 52 valence electrons. The summed E-state index contributed by atoms with van der Waals surface area (Å²) in [6.45, 7) is 0. The number of nitrogens with one attached hydrogen (secondary N) is 1. The highest BCUT2D eigenvalue weighted by Gasteiger charge is 2.08. The average Bonchev–Trinajstić information content (AvgIpc) is 2.34. The molecule has 0 spiro atoms. The molecule has 5 nitrogen and oxygen atoms in total. The Morgan fingerprint density at radius 3 is 3.00 bits per heavy atom. The molecule has 0 saturated carbocycles. The molecule has 1 atom stereocenters. The Hall–Kier alpha value is -1.54. The molecule has 3 N–H and O–H groups in total. The molecule has 0 fully saturated rings. The number of nitriles is 1. The number of nitrogens with zero attached hydrogens (tertiary/aromatic N) is 1. The highest BCUT2D eigenvalue weighted by Crippen LogP contribution is 2.02. The van der Waals surface area contributed by atoms with Gasteiger partial charge in [0.1, 0.15) is 0 Å². The van der Waals surface area contributed by atoms with E-state index in [1.807, 2.05) is 5.16 Å². The lowest BCUT2D eigenvalue weighted by Crippen LogP contribution is -2.06. The van der Waals surface area contributed by atoms with E-state index in [0.717, 1.165) is 6.07 Å². The second-order valence-electron chi connectivity index (χ2n) is 1.72. The molecule has 0 radical (unpaired) electrons. The molecule has 0 aliphatic heterocycles. The first kappa shape index (κ1) is 6.58. The number of H-pyrrole nitrogens is 1. The zero-order chi connectivity index (χ0) is 7.56. The molecule has 0 bridgehead atoms. The lowest BCUT2D eigenvalue weighted by atomic mass is 10.3. The summed E-state index contributed by atoms with van der Waals surface area (Å²) in [4.78, 5) is 10.4. The smallest absolute Gasteiger partial charge is 0.280 e. The predicted molar refractivity (Wildman–Crippen MR) is 31.9 cm³/mol. The molecule has 10 heavy (non-hydrogen) atoms. The standard InChI is InChI=1S/C5H5N3O2/c6-2-3(7)4-1-5(9)8-10-4/h1,3H,7H2,(H,8,9). The fraction of sp³-hybridized carbons (Fsp3) is 0.200. The third-order valence-electron chi connectivity index (χ3n) is 0.988. The van der Waals surface area contributed by atoms with Crippen molar-refractivity contribution in [1.29, 1.82) is 5.26 Å². The minimum Gasteiger partial charge on any atom is -0.381 e. The van der Waals surface area contributed by atoms with E-state index in [-0.39, 0.29) is 11.3 Å². The normalized spacial score (nSPS) is 12.4. The van der Waals surface area contributed by atoms with Crippen molar-refractivity contribution < 1.29 is 4.52 Å². The van der Waals surface area contributed by atoms with Crippen molar-refractivity contribution in [2.75, 3.05) is 0 Å². The SMILES string of the molecule is N#CC(N)c1cc(=O)[nH]o1. The summed E-state index contributed by atoms with van der Waals surface area (Å²) in [5, 5.41) is 10.3. The molecule has 1 aromatic rings. The Morgan fingerprint density at radius 1 is 1.90 bits per heavy atom. The van der Waals surface area contributed by atoms with Gasteiger partial charge in [-0.15, -0.1) is 0 Å². The second-order valence-corrected chi connectivity index (χ2v) is 1.72. The number of hydrogen-bond donors (Lipinski definition) is 2. The van der Waals surface area contributed by atoms with Gasteiger partial charge < -0.3 is 10.3 Å². The van der Waals surface area contributed by atoms with Gasteiger partial charge in [-0.05, 0) is 0 Å². The van der Waals surface area contributed by atoms with Crippen LogP contribution in [0.5, 0.6) is 0 Å². The van der Waals surface area contributed by atoms with Crippen LogP contribution >= 0.6 is 0 Å². The van der Waals surface area contributed by atoms with Gasteiger partial charge in [0.15, 0.2) is 11.8 Å². The maximum Gasteiger partial charge on any atom is 0.280 e. The minimum absolute atomic E-state index is 0.160. The summed E-state index contributed by atoms with van der Waals surface area (Å²) < 4.78 is 4.53. The van der Waals surface area contributed by atoms with E-state index < -0.39 is 6.04 Å². The van der Waals surface area contributed by atoms with Gasteiger partial charge >= 0.3 is 0 Å². The van der Waals surface area contributed by atoms with E-state index in [1.165, 1.54) is 0 Å². The van der Waals surface area contributed by atoms with Crippen LogP contribution < -0.4 is 11.3 Å². The van der Waals surface area contributed by atoms with Crippen LogP contribution in [-0.2, 0) is 0 Å². The number of aromatic nitrogens is 1. The monoisotopic (exact) mass is 139 g/mol. The highest BCUT2D eigenvalue weighted by atomic mass is 16.5. The molecule has 0 aliphatic rings. The van der Waals surface area contributed by atoms with Crippen molar-refractivity contribution in [3.05, 3.63) is 22.2 Å². The number of nitrogens with two attached hydrogens (primary N) is 1. The third kappa shape index (κ3) is 1.06. The van der Waals surface area contributed by atoms with Crippen LogP contribution in [0.4, 0.5) is 0 Å². The van der Waals surface area contributed by atoms with Gasteiger partial charge in [-0.25, -0.2) is 0 Å². The van der Waals surface area contributed by atoms with Crippen LogP contribution in [0.2, 0.25) is 0 Å². The Labute approximate surface area is 56.0 Å². The van der Waals surface area contributed by atoms with Gasteiger partial charge in [0.25, 0.3) is 5.56 Å². The van der Waals surface area contributed by atoms with Crippen molar-refractivity contribution in [1.82, 2.24) is 5.16 Å². The molecular formula is C5H5N3O2. The van der Waals surface area contributed by atoms with E-state index in [4.69, 9.17) is 11.0 Å². The maximum absolute atomic E-state index is 10.4. The second kappa shape index (κ2) is 2.37. The van der Waals surface area contributed by atoms with E-state index in [2.05, 4.69) is 4.52 Å². The highest BCUT2D eigenvalue weighted by molar-refractivity contribution is 5.08. The molecule has 0 saturated heterocycles. The Bertz CT molecular complexity index is 305. The van der Waals surface area contributed by atoms with Gasteiger partial charge in [-0.2, -0.15) is 10.4 Å². The molecule has 0 amide bonds. The van der Waals surface area contributed by atoms with E-state index >= 15 is 0 Å². The van der Waals surface area contributed by atoms with E-state index in [1.54, 1.807) is 6.07 Å². The summed E-state index contributed by atoms with van der Waals surface area (Å²) in [6.07, 6.45) is 0. The Balaban J connectivity index is 2.98. The maximum atomic E-state index is 10.4. The van der Waals surface area contributed by atoms with Gasteiger partial charge in [0.2, 0.25) is 0 Å². The molecule has 1 unspecified atom stereocenters. The van der Waals surface area contributed by atoms with Crippen LogP contribution in [-0.4, -0.2) is 5.16 Å². The zero-order valence-electron chi connectivity index (χ0n) is 5.00. The summed E-state index contributed by atoms with van der Waals surface area (Å²) in [5.41, 5.74) is 4.81. The zero-order valence-corrected chi connectivity index (χ0v) is 5.00. The van der Waals surface area contributed by atoms with Crippen LogP contribution in [0.15, 0.2) is 15.4 Å². The largest absolute Gasteiger partial charge is 0.381 e. The van der Waals surface area contributed by atoms with Crippen LogP contribution in [0.1, 0.15) is 11.8 Å². The molecule has 1 aromatic heterocycles. The minimum atomic E-state index is -0.862. The lowest BCUT2D eigenvalue weighted by molar-refractivity contribution is 0.372. The molecule has 1 heterocycles. The van der Waals surface area contributed by atoms with Gasteiger partial charge in [-0.1, -0.05) is 0 Å². The third-order valence-corrected chi connectivity index (χ3v) is 0.988. The van der Waals surface area contributed by atoms with Crippen molar-refractivity contribution in [2.24, 2.45) is 5.73 Å². The topological polar surface area (TPSA) is 95.8 Å². The van der Waals surface area contributed by atoms with E-state index in [9.17, 15) is 4.79 Å². The van der Waals surface area contributed by atoms with Crippen LogP contribution in [0.3, 0.4) is 0 Å². The average molecular weight is 139 g/mol. The van der Waals surface area contributed by atoms with Crippen LogP contribution in [0, 0.1) is 11.3 Å². The first-order valence-electron chi connectivity index (χ1n) is 2.57. The first-order chi connectivity index (χ1) is 4.74. The quantitative estimate of drug-likeness (QED) is 0.547. The van der Waals surface area contributed by atoms with Crippen LogP contribution in [0.25, 0.3) is 0 Å². The molecule has 0 aliphatic carbocycles. The fourth-order valence-corrected chi connectivity index (χ4v) is 0.514. The summed E-state index contributed by atoms with van der Waals surface area (Å²) in [6, 6.07) is 2.00. The molecular weight excluding hydrogens is 134 g/mol. The van der Waals surface area contributed by atoms with Crippen molar-refractivity contribution >= 4 is 0 Å². The molecule has 5 heteroatoms. The number of hydrogen-bond acceptors (Lipinski definition) is 4. The predicted octanol–water partition coefficient (Wildman–Crippen LogP) is -0.509. The van der Waals surface area contributed by atoms with Crippen molar-refractivity contribution in [3.8, 4) is 6.07 Å². The fourth-order valence-electron chi connectivity index (χ4n) is 0.514. The Kier molecular flexibility index (Phi) is 1.56. The van der Waals surface area contributed by atoms with Crippen molar-refractivity contribution in [3.63, 3.8) is 0 Å². The summed E-state index contributed by atoms with van der Waals surface area (Å²) >= 11 is 0. The first-order valence-corrected chi connectivity index (χ1v) is 2.57.